The van der Waals surface area contributed by atoms with Gasteiger partial charge in [0.05, 0.1) is 18.9 Å². The van der Waals surface area contributed by atoms with E-state index >= 15 is 0 Å². The highest BCUT2D eigenvalue weighted by molar-refractivity contribution is 5.64. The van der Waals surface area contributed by atoms with E-state index in [4.69, 9.17) is 9.72 Å². The third-order valence-corrected chi connectivity index (χ3v) is 4.98. The van der Waals surface area contributed by atoms with Crippen LogP contribution in [0, 0.1) is 0 Å². The second-order valence-corrected chi connectivity index (χ2v) is 6.69. The highest BCUT2D eigenvalue weighted by atomic mass is 16.5. The molecule has 0 bridgehead atoms. The van der Waals surface area contributed by atoms with E-state index in [-0.39, 0.29) is 5.56 Å². The van der Waals surface area contributed by atoms with Crippen LogP contribution in [-0.2, 0) is 11.2 Å². The maximum Gasteiger partial charge on any atom is 0.252 e. The molecule has 2 aliphatic rings. The van der Waals surface area contributed by atoms with Crippen molar-refractivity contribution in [3.8, 4) is 0 Å². The van der Waals surface area contributed by atoms with Crippen molar-refractivity contribution < 1.29 is 4.74 Å². The molecule has 1 N–H and O–H groups in total. The van der Waals surface area contributed by atoms with Gasteiger partial charge in [-0.2, -0.15) is 0 Å². The standard InChI is InChI=1S/C20H23N3O2/c24-19-14-18(16-8-11-25-12-9-16)21-20(22-19)23-10-4-7-17(23)13-15-5-2-1-3-6-15/h1-3,5-6,8,14,17H,4,7,9-13H2,(H,21,22,24). The van der Waals surface area contributed by atoms with Gasteiger partial charge in [-0.1, -0.05) is 36.4 Å². The molecular weight excluding hydrogens is 314 g/mol. The van der Waals surface area contributed by atoms with E-state index in [1.807, 2.05) is 12.1 Å². The van der Waals surface area contributed by atoms with Gasteiger partial charge in [0.2, 0.25) is 5.95 Å². The maximum atomic E-state index is 12.2. The number of H-pyrrole nitrogens is 1. The monoisotopic (exact) mass is 337 g/mol. The normalized spacial score (nSPS) is 20.6. The van der Waals surface area contributed by atoms with Gasteiger partial charge in [-0.3, -0.25) is 9.78 Å². The van der Waals surface area contributed by atoms with Crippen LogP contribution in [-0.4, -0.2) is 35.8 Å². The van der Waals surface area contributed by atoms with Gasteiger partial charge in [-0.05, 0) is 36.8 Å². The number of nitrogens with one attached hydrogen (secondary N) is 1. The molecule has 0 amide bonds. The summed E-state index contributed by atoms with van der Waals surface area (Å²) in [6.07, 6.45) is 6.07. The molecule has 130 valence electrons. The number of hydrogen-bond acceptors (Lipinski definition) is 4. The number of rotatable bonds is 4. The van der Waals surface area contributed by atoms with Crippen LogP contribution >= 0.6 is 0 Å². The summed E-state index contributed by atoms with van der Waals surface area (Å²) in [5, 5.41) is 0. The zero-order valence-corrected chi connectivity index (χ0v) is 14.3. The smallest absolute Gasteiger partial charge is 0.252 e. The van der Waals surface area contributed by atoms with Gasteiger partial charge in [-0.25, -0.2) is 4.98 Å². The number of aromatic nitrogens is 2. The molecule has 0 spiro atoms. The predicted octanol–water partition coefficient (Wildman–Crippen LogP) is 2.79. The first-order valence-electron chi connectivity index (χ1n) is 8.99. The van der Waals surface area contributed by atoms with E-state index in [1.54, 1.807) is 6.07 Å². The van der Waals surface area contributed by atoms with Gasteiger partial charge < -0.3 is 9.64 Å². The van der Waals surface area contributed by atoms with Gasteiger partial charge >= 0.3 is 0 Å². The lowest BCUT2D eigenvalue weighted by molar-refractivity contribution is 0.161. The molecule has 1 fully saturated rings. The summed E-state index contributed by atoms with van der Waals surface area (Å²) >= 11 is 0. The third kappa shape index (κ3) is 3.66. The number of benzene rings is 1. The molecule has 2 aliphatic heterocycles. The zero-order chi connectivity index (χ0) is 17.1. The lowest BCUT2D eigenvalue weighted by Crippen LogP contribution is -2.34. The minimum atomic E-state index is -0.0854. The molecule has 0 aliphatic carbocycles. The quantitative estimate of drug-likeness (QED) is 0.932. The first-order chi connectivity index (χ1) is 12.3. The molecule has 25 heavy (non-hydrogen) atoms. The average molecular weight is 337 g/mol. The predicted molar refractivity (Wildman–Crippen MR) is 98.8 cm³/mol. The van der Waals surface area contributed by atoms with E-state index in [2.05, 4.69) is 34.1 Å². The van der Waals surface area contributed by atoms with Crippen LogP contribution in [0.25, 0.3) is 5.57 Å². The van der Waals surface area contributed by atoms with Gasteiger partial charge in [0.25, 0.3) is 5.56 Å². The van der Waals surface area contributed by atoms with Crippen LogP contribution in [0.15, 0.2) is 47.3 Å². The van der Waals surface area contributed by atoms with Crippen molar-refractivity contribution in [2.45, 2.75) is 31.7 Å². The highest BCUT2D eigenvalue weighted by Crippen LogP contribution is 2.26. The van der Waals surface area contributed by atoms with Crippen LogP contribution in [0.5, 0.6) is 0 Å². The second-order valence-electron chi connectivity index (χ2n) is 6.69. The summed E-state index contributed by atoms with van der Waals surface area (Å²) in [5.74, 6) is 0.702. The topological polar surface area (TPSA) is 58.2 Å². The fraction of sp³-hybridized carbons (Fsp3) is 0.400. The summed E-state index contributed by atoms with van der Waals surface area (Å²) in [7, 11) is 0. The number of anilines is 1. The lowest BCUT2D eigenvalue weighted by atomic mass is 10.0. The Labute approximate surface area is 147 Å². The Morgan fingerprint density at radius 2 is 2.16 bits per heavy atom. The molecule has 4 rings (SSSR count). The SMILES string of the molecule is O=c1cc(C2=CCOCC2)nc(N2CCCC2Cc2ccccc2)[nH]1. The molecule has 1 unspecified atom stereocenters. The molecule has 5 nitrogen and oxygen atoms in total. The van der Waals surface area contributed by atoms with E-state index < -0.39 is 0 Å². The Morgan fingerprint density at radius 1 is 1.28 bits per heavy atom. The Kier molecular flexibility index (Phi) is 4.65. The first-order valence-corrected chi connectivity index (χ1v) is 8.99. The molecule has 3 heterocycles. The first kappa shape index (κ1) is 16.1. The van der Waals surface area contributed by atoms with Gasteiger partial charge in [-0.15, -0.1) is 0 Å². The van der Waals surface area contributed by atoms with Gasteiger partial charge in [0, 0.05) is 18.7 Å². The summed E-state index contributed by atoms with van der Waals surface area (Å²) in [6.45, 7) is 2.22. The van der Waals surface area contributed by atoms with Crippen LogP contribution in [0.4, 0.5) is 5.95 Å². The third-order valence-electron chi connectivity index (χ3n) is 4.98. The van der Waals surface area contributed by atoms with E-state index in [1.165, 1.54) is 5.56 Å². The van der Waals surface area contributed by atoms with Crippen molar-refractivity contribution in [2.75, 3.05) is 24.7 Å². The molecular formula is C20H23N3O2. The van der Waals surface area contributed by atoms with Crippen LogP contribution < -0.4 is 10.5 Å². The van der Waals surface area contributed by atoms with Gasteiger partial charge in [0.1, 0.15) is 0 Å². The molecule has 1 saturated heterocycles. The zero-order valence-electron chi connectivity index (χ0n) is 14.3. The van der Waals surface area contributed by atoms with E-state index in [0.29, 0.717) is 25.2 Å². The Hall–Kier alpha value is -2.40. The van der Waals surface area contributed by atoms with E-state index in [9.17, 15) is 4.79 Å². The van der Waals surface area contributed by atoms with Crippen molar-refractivity contribution in [1.29, 1.82) is 0 Å². The minimum Gasteiger partial charge on any atom is -0.377 e. The fourth-order valence-corrected chi connectivity index (χ4v) is 3.72. The van der Waals surface area contributed by atoms with Crippen molar-refractivity contribution in [1.82, 2.24) is 9.97 Å². The summed E-state index contributed by atoms with van der Waals surface area (Å²) < 4.78 is 5.36. The Bertz CT molecular complexity index is 813. The van der Waals surface area contributed by atoms with Crippen LogP contribution in [0.2, 0.25) is 0 Å². The summed E-state index contributed by atoms with van der Waals surface area (Å²) in [4.78, 5) is 22.2. The molecule has 0 radical (unpaired) electrons. The van der Waals surface area contributed by atoms with E-state index in [0.717, 1.165) is 43.5 Å². The number of nitrogens with zero attached hydrogens (tertiary/aromatic N) is 2. The van der Waals surface area contributed by atoms with Gasteiger partial charge in [0.15, 0.2) is 0 Å². The molecule has 2 aromatic rings. The van der Waals surface area contributed by atoms with Crippen molar-refractivity contribution in [3.63, 3.8) is 0 Å². The Morgan fingerprint density at radius 3 is 2.96 bits per heavy atom. The minimum absolute atomic E-state index is 0.0854. The number of aromatic amines is 1. The molecule has 1 aromatic heterocycles. The maximum absolute atomic E-state index is 12.2. The number of hydrogen-bond donors (Lipinski definition) is 1. The van der Waals surface area contributed by atoms with Crippen molar-refractivity contribution in [2.24, 2.45) is 0 Å². The Balaban J connectivity index is 1.60. The van der Waals surface area contributed by atoms with Crippen molar-refractivity contribution >= 4 is 11.5 Å². The molecule has 1 aromatic carbocycles. The second kappa shape index (κ2) is 7.23. The summed E-state index contributed by atoms with van der Waals surface area (Å²) in [6, 6.07) is 12.5. The summed E-state index contributed by atoms with van der Waals surface area (Å²) in [5.41, 5.74) is 3.13. The average Bonchev–Trinajstić information content (AvgIpc) is 3.11. The number of ether oxygens (including phenoxy) is 1. The van der Waals surface area contributed by atoms with Crippen LogP contribution in [0.3, 0.4) is 0 Å². The molecule has 0 saturated carbocycles. The highest BCUT2D eigenvalue weighted by Gasteiger charge is 2.27. The van der Waals surface area contributed by atoms with Crippen LogP contribution in [0.1, 0.15) is 30.5 Å². The molecule has 1 atom stereocenters. The lowest BCUT2D eigenvalue weighted by Gasteiger charge is -2.26. The largest absolute Gasteiger partial charge is 0.377 e. The van der Waals surface area contributed by atoms with Crippen molar-refractivity contribution in [3.05, 3.63) is 64.1 Å². The molecule has 5 heteroatoms. The fourth-order valence-electron chi connectivity index (χ4n) is 3.72.